The molecule has 1 heterocycles. The molecule has 0 atom stereocenters. The topological polar surface area (TPSA) is 70.2 Å². The number of hydrogen-bond donors (Lipinski definition) is 2. The summed E-state index contributed by atoms with van der Waals surface area (Å²) < 4.78 is 13.3. The van der Waals surface area contributed by atoms with Crippen molar-refractivity contribution in [2.75, 3.05) is 0 Å². The van der Waals surface area contributed by atoms with Gasteiger partial charge >= 0.3 is 5.97 Å². The molecule has 1 aromatic carbocycles. The van der Waals surface area contributed by atoms with Crippen molar-refractivity contribution >= 4 is 16.9 Å². The average molecular weight is 263 g/mol. The molecule has 1 fully saturated rings. The van der Waals surface area contributed by atoms with E-state index in [1.807, 2.05) is 0 Å². The summed E-state index contributed by atoms with van der Waals surface area (Å²) in [6.45, 7) is 1.57. The third kappa shape index (κ3) is 2.99. The minimum Gasteiger partial charge on any atom is -0.477 e. The molecule has 0 saturated heterocycles. The zero-order valence-electron chi connectivity index (χ0n) is 10.5. The molecule has 2 aromatic rings. The first-order valence-electron chi connectivity index (χ1n) is 6.05. The second kappa shape index (κ2) is 5.22. The summed E-state index contributed by atoms with van der Waals surface area (Å²) >= 11 is 0. The molecule has 1 aromatic heterocycles. The van der Waals surface area contributed by atoms with Crippen molar-refractivity contribution in [1.29, 1.82) is 0 Å². The van der Waals surface area contributed by atoms with Crippen molar-refractivity contribution < 1.29 is 14.3 Å². The molecule has 1 saturated carbocycles. The predicted octanol–water partition coefficient (Wildman–Crippen LogP) is 2.84. The van der Waals surface area contributed by atoms with Crippen LogP contribution in [0, 0.1) is 12.7 Å². The molecule has 0 radical (unpaired) electrons. The van der Waals surface area contributed by atoms with Gasteiger partial charge in [0, 0.05) is 17.1 Å². The summed E-state index contributed by atoms with van der Waals surface area (Å²) in [7, 11) is 0. The Balaban J connectivity index is 0.000000390. The van der Waals surface area contributed by atoms with Gasteiger partial charge in [0.25, 0.3) is 0 Å². The van der Waals surface area contributed by atoms with Gasteiger partial charge in [-0.05, 0) is 24.6 Å². The van der Waals surface area contributed by atoms with Crippen LogP contribution in [-0.2, 0) is 0 Å². The lowest BCUT2D eigenvalue weighted by atomic mass is 10.1. The number of hydrogen-bond acceptors (Lipinski definition) is 2. The number of aromatic amines is 1. The third-order valence-electron chi connectivity index (χ3n) is 2.74. The van der Waals surface area contributed by atoms with Crippen molar-refractivity contribution in [2.45, 2.75) is 26.2 Å². The Morgan fingerprint density at radius 3 is 2.47 bits per heavy atom. The van der Waals surface area contributed by atoms with E-state index in [0.29, 0.717) is 11.1 Å². The van der Waals surface area contributed by atoms with Crippen molar-refractivity contribution in [3.05, 3.63) is 45.5 Å². The molecule has 5 heteroatoms. The Kier molecular flexibility index (Phi) is 3.64. The fourth-order valence-corrected chi connectivity index (χ4v) is 1.51. The summed E-state index contributed by atoms with van der Waals surface area (Å²) in [4.78, 5) is 25.0. The van der Waals surface area contributed by atoms with Gasteiger partial charge in [-0.25, -0.2) is 9.18 Å². The van der Waals surface area contributed by atoms with E-state index >= 15 is 0 Å². The Labute approximate surface area is 108 Å². The Morgan fingerprint density at radius 1 is 1.32 bits per heavy atom. The molecule has 4 nitrogen and oxygen atoms in total. The quantitative estimate of drug-likeness (QED) is 0.831. The fourth-order valence-electron chi connectivity index (χ4n) is 1.51. The molecule has 100 valence electrons. The highest BCUT2D eigenvalue weighted by Crippen LogP contribution is 2.15. The zero-order valence-corrected chi connectivity index (χ0v) is 10.5. The summed E-state index contributed by atoms with van der Waals surface area (Å²) in [5, 5.41) is 8.78. The second-order valence-corrected chi connectivity index (χ2v) is 4.54. The van der Waals surface area contributed by atoms with E-state index in [0.717, 1.165) is 12.3 Å². The fraction of sp³-hybridized carbons (Fsp3) is 0.286. The maximum Gasteiger partial charge on any atom is 0.341 e. The average Bonchev–Trinajstić information content (AvgIpc) is 3.19. The number of carboxylic acid groups (broad SMARTS) is 1. The lowest BCUT2D eigenvalue weighted by molar-refractivity contribution is 0.0695. The highest BCUT2D eigenvalue weighted by molar-refractivity contribution is 5.92. The van der Waals surface area contributed by atoms with E-state index in [2.05, 4.69) is 4.98 Å². The number of aromatic carboxylic acids is 1. The van der Waals surface area contributed by atoms with Crippen LogP contribution in [0.2, 0.25) is 0 Å². The third-order valence-corrected chi connectivity index (χ3v) is 2.74. The number of rotatable bonds is 1. The lowest BCUT2D eigenvalue weighted by Gasteiger charge is -2.02. The van der Waals surface area contributed by atoms with Gasteiger partial charge in [-0.2, -0.15) is 0 Å². The minimum absolute atomic E-state index is 0.0444. The number of carboxylic acids is 1. The van der Waals surface area contributed by atoms with Gasteiger partial charge in [0.05, 0.1) is 0 Å². The van der Waals surface area contributed by atoms with Gasteiger partial charge in [0.15, 0.2) is 0 Å². The molecule has 3 rings (SSSR count). The molecule has 0 aliphatic heterocycles. The summed E-state index contributed by atoms with van der Waals surface area (Å²) in [5.74, 6) is -1.86. The number of benzene rings is 1. The van der Waals surface area contributed by atoms with Crippen LogP contribution in [0.4, 0.5) is 4.39 Å². The summed E-state index contributed by atoms with van der Waals surface area (Å²) in [6, 6.07) is 2.52. The van der Waals surface area contributed by atoms with Crippen molar-refractivity contribution in [1.82, 2.24) is 4.98 Å². The second-order valence-electron chi connectivity index (χ2n) is 4.54. The molecular formula is C14H14FNO3. The standard InChI is InChI=1S/C11H8FNO3.C3H6/c1-5-2-9-6(3-8(5)12)10(14)7(4-13-9)11(15)16;1-2-3-1/h2-4H,1H3,(H,13,14)(H,15,16);1-3H2. The minimum atomic E-state index is -1.33. The predicted molar refractivity (Wildman–Crippen MR) is 70.1 cm³/mol. The van der Waals surface area contributed by atoms with E-state index in [4.69, 9.17) is 5.11 Å². The van der Waals surface area contributed by atoms with Crippen LogP contribution in [0.15, 0.2) is 23.1 Å². The number of halogens is 1. The molecule has 19 heavy (non-hydrogen) atoms. The number of carbonyl (C=O) groups is 1. The van der Waals surface area contributed by atoms with E-state index < -0.39 is 22.8 Å². The van der Waals surface area contributed by atoms with Crippen molar-refractivity contribution in [3.8, 4) is 0 Å². The normalized spacial score (nSPS) is 12.7. The summed E-state index contributed by atoms with van der Waals surface area (Å²) in [5.41, 5.74) is -0.254. The maximum absolute atomic E-state index is 13.3. The highest BCUT2D eigenvalue weighted by Gasteiger charge is 2.12. The van der Waals surface area contributed by atoms with E-state index in [1.165, 1.54) is 25.3 Å². The van der Waals surface area contributed by atoms with Gasteiger partial charge in [0.2, 0.25) is 5.43 Å². The summed E-state index contributed by atoms with van der Waals surface area (Å²) in [6.07, 6.45) is 5.62. The van der Waals surface area contributed by atoms with Crippen LogP contribution in [-0.4, -0.2) is 16.1 Å². The van der Waals surface area contributed by atoms with E-state index in [1.54, 1.807) is 6.92 Å². The largest absolute Gasteiger partial charge is 0.477 e. The van der Waals surface area contributed by atoms with Crippen LogP contribution in [0.25, 0.3) is 10.9 Å². The van der Waals surface area contributed by atoms with E-state index in [-0.39, 0.29) is 5.39 Å². The first kappa shape index (κ1) is 13.3. The SMILES string of the molecule is C1CC1.Cc1cc2[nH]cc(C(=O)O)c(=O)c2cc1F. The van der Waals surface area contributed by atoms with Gasteiger partial charge in [0.1, 0.15) is 11.4 Å². The number of aryl methyl sites for hydroxylation is 1. The molecular weight excluding hydrogens is 249 g/mol. The zero-order chi connectivity index (χ0) is 14.0. The molecule has 2 N–H and O–H groups in total. The van der Waals surface area contributed by atoms with Gasteiger partial charge in [-0.1, -0.05) is 19.3 Å². The van der Waals surface area contributed by atoms with Crippen LogP contribution in [0.1, 0.15) is 35.2 Å². The highest BCUT2D eigenvalue weighted by atomic mass is 19.1. The van der Waals surface area contributed by atoms with Crippen LogP contribution >= 0.6 is 0 Å². The number of H-pyrrole nitrogens is 1. The molecule has 0 unspecified atom stereocenters. The number of aromatic nitrogens is 1. The maximum atomic E-state index is 13.3. The van der Waals surface area contributed by atoms with Crippen LogP contribution in [0.5, 0.6) is 0 Å². The molecule has 1 aliphatic carbocycles. The first-order valence-corrected chi connectivity index (χ1v) is 6.05. The first-order chi connectivity index (χ1) is 9.00. The number of fused-ring (bicyclic) bond motifs is 1. The van der Waals surface area contributed by atoms with Crippen molar-refractivity contribution in [3.63, 3.8) is 0 Å². The van der Waals surface area contributed by atoms with Crippen LogP contribution < -0.4 is 5.43 Å². The number of pyridine rings is 1. The Bertz CT molecular complexity index is 686. The monoisotopic (exact) mass is 263 g/mol. The molecule has 1 aliphatic rings. The van der Waals surface area contributed by atoms with Crippen LogP contribution in [0.3, 0.4) is 0 Å². The van der Waals surface area contributed by atoms with E-state index in [9.17, 15) is 14.0 Å². The van der Waals surface area contributed by atoms with Crippen molar-refractivity contribution in [2.24, 2.45) is 0 Å². The molecule has 0 amide bonds. The number of nitrogens with one attached hydrogen (secondary N) is 1. The van der Waals surface area contributed by atoms with Gasteiger partial charge in [-0.15, -0.1) is 0 Å². The van der Waals surface area contributed by atoms with Gasteiger partial charge < -0.3 is 10.1 Å². The molecule has 0 bridgehead atoms. The Hall–Kier alpha value is -2.17. The lowest BCUT2D eigenvalue weighted by Crippen LogP contribution is -2.15. The smallest absolute Gasteiger partial charge is 0.341 e. The molecule has 0 spiro atoms. The van der Waals surface area contributed by atoms with Gasteiger partial charge in [-0.3, -0.25) is 4.79 Å². The Morgan fingerprint density at radius 2 is 1.95 bits per heavy atom.